The highest BCUT2D eigenvalue weighted by Gasteiger charge is 2.50. The molecule has 0 heterocycles. The Balaban J connectivity index is 1.93. The normalized spacial score (nSPS) is 25.4. The van der Waals surface area contributed by atoms with E-state index in [0.717, 1.165) is 31.7 Å². The topological polar surface area (TPSA) is 30.5 Å². The number of hydrogen-bond donors (Lipinski definition) is 1. The summed E-state index contributed by atoms with van der Waals surface area (Å²) in [6, 6.07) is 5.29. The second-order valence-electron chi connectivity index (χ2n) is 5.36. The molecule has 2 atom stereocenters. The van der Waals surface area contributed by atoms with E-state index in [1.165, 1.54) is 7.11 Å². The molecule has 0 radical (unpaired) electrons. The molecule has 4 heteroatoms. The quantitative estimate of drug-likeness (QED) is 0.769. The van der Waals surface area contributed by atoms with Crippen LogP contribution in [0, 0.1) is 11.7 Å². The number of halogens is 1. The van der Waals surface area contributed by atoms with E-state index >= 15 is 0 Å². The lowest BCUT2D eigenvalue weighted by molar-refractivity contribution is 0.199. The highest BCUT2D eigenvalue weighted by atomic mass is 19.1. The van der Waals surface area contributed by atoms with Crippen LogP contribution in [-0.2, 0) is 10.2 Å². The third-order valence-electron chi connectivity index (χ3n) is 4.10. The second-order valence-corrected chi connectivity index (χ2v) is 5.36. The first-order chi connectivity index (χ1) is 9.11. The Morgan fingerprint density at radius 1 is 1.42 bits per heavy atom. The van der Waals surface area contributed by atoms with E-state index in [2.05, 4.69) is 12.2 Å². The van der Waals surface area contributed by atoms with Gasteiger partial charge in [-0.05, 0) is 42.0 Å². The molecule has 1 aromatic carbocycles. The molecule has 1 aromatic rings. The first-order valence-electron chi connectivity index (χ1n) is 6.65. The van der Waals surface area contributed by atoms with E-state index in [1.807, 2.05) is 6.07 Å². The molecule has 1 aliphatic carbocycles. The van der Waals surface area contributed by atoms with Crippen LogP contribution in [0.1, 0.15) is 18.9 Å². The average Bonchev–Trinajstić information content (AvgIpc) is 3.07. The minimum absolute atomic E-state index is 0.0905. The molecule has 0 amide bonds. The van der Waals surface area contributed by atoms with Crippen LogP contribution in [-0.4, -0.2) is 33.9 Å². The van der Waals surface area contributed by atoms with Crippen molar-refractivity contribution in [3.05, 3.63) is 29.6 Å². The summed E-state index contributed by atoms with van der Waals surface area (Å²) < 4.78 is 23.7. The Labute approximate surface area is 114 Å². The summed E-state index contributed by atoms with van der Waals surface area (Å²) in [6.07, 6.45) is 1.10. The zero-order chi connectivity index (χ0) is 13.9. The summed E-state index contributed by atoms with van der Waals surface area (Å²) in [5.41, 5.74) is 1.15. The summed E-state index contributed by atoms with van der Waals surface area (Å²) in [4.78, 5) is 0. The predicted molar refractivity (Wildman–Crippen MR) is 73.2 cm³/mol. The monoisotopic (exact) mass is 267 g/mol. The van der Waals surface area contributed by atoms with Crippen molar-refractivity contribution in [3.8, 4) is 5.75 Å². The summed E-state index contributed by atoms with van der Waals surface area (Å²) in [5.74, 6) is 0.596. The van der Waals surface area contributed by atoms with Crippen LogP contribution >= 0.6 is 0 Å². The van der Waals surface area contributed by atoms with Crippen molar-refractivity contribution >= 4 is 0 Å². The highest BCUT2D eigenvalue weighted by Crippen LogP contribution is 2.53. The maximum atomic E-state index is 13.7. The summed E-state index contributed by atoms with van der Waals surface area (Å²) >= 11 is 0. The van der Waals surface area contributed by atoms with Crippen LogP contribution in [0.2, 0.25) is 0 Å². The Morgan fingerprint density at radius 3 is 2.84 bits per heavy atom. The van der Waals surface area contributed by atoms with E-state index in [1.54, 1.807) is 19.2 Å². The van der Waals surface area contributed by atoms with E-state index in [-0.39, 0.29) is 11.2 Å². The van der Waals surface area contributed by atoms with Crippen molar-refractivity contribution in [1.82, 2.24) is 5.32 Å². The number of nitrogens with one attached hydrogen (secondary N) is 1. The number of methoxy groups -OCH3 is 2. The molecule has 0 bridgehead atoms. The minimum Gasteiger partial charge on any atom is -0.494 e. The number of hydrogen-bond acceptors (Lipinski definition) is 3. The van der Waals surface area contributed by atoms with Gasteiger partial charge in [0.15, 0.2) is 11.6 Å². The van der Waals surface area contributed by atoms with Gasteiger partial charge in [0, 0.05) is 13.7 Å². The smallest absolute Gasteiger partial charge is 0.165 e. The molecular weight excluding hydrogens is 245 g/mol. The van der Waals surface area contributed by atoms with Gasteiger partial charge in [0.25, 0.3) is 0 Å². The Morgan fingerprint density at radius 2 is 2.21 bits per heavy atom. The van der Waals surface area contributed by atoms with E-state index in [9.17, 15) is 4.39 Å². The van der Waals surface area contributed by atoms with Crippen LogP contribution in [0.4, 0.5) is 4.39 Å². The zero-order valence-corrected chi connectivity index (χ0v) is 11.8. The molecular formula is C15H22FNO2. The lowest BCUT2D eigenvalue weighted by atomic mass is 9.95. The van der Waals surface area contributed by atoms with Gasteiger partial charge < -0.3 is 14.8 Å². The molecule has 0 saturated heterocycles. The molecule has 2 rings (SSSR count). The molecule has 1 saturated carbocycles. The predicted octanol–water partition coefficient (Wildman–Crippen LogP) is 2.35. The molecule has 0 spiro atoms. The van der Waals surface area contributed by atoms with Gasteiger partial charge >= 0.3 is 0 Å². The fourth-order valence-corrected chi connectivity index (χ4v) is 2.58. The van der Waals surface area contributed by atoms with Gasteiger partial charge in [0.2, 0.25) is 0 Å². The van der Waals surface area contributed by atoms with Crippen LogP contribution < -0.4 is 10.1 Å². The first kappa shape index (κ1) is 14.3. The highest BCUT2D eigenvalue weighted by molar-refractivity contribution is 5.38. The fraction of sp³-hybridized carbons (Fsp3) is 0.600. The van der Waals surface area contributed by atoms with Crippen molar-refractivity contribution in [2.24, 2.45) is 5.92 Å². The maximum absolute atomic E-state index is 13.7. The van der Waals surface area contributed by atoms with Gasteiger partial charge in [-0.3, -0.25) is 0 Å². The molecule has 2 unspecified atom stereocenters. The van der Waals surface area contributed by atoms with E-state index < -0.39 is 0 Å². The third kappa shape index (κ3) is 3.07. The maximum Gasteiger partial charge on any atom is 0.165 e. The zero-order valence-electron chi connectivity index (χ0n) is 11.8. The lowest BCUT2D eigenvalue weighted by Gasteiger charge is -2.14. The molecule has 0 aromatic heterocycles. The third-order valence-corrected chi connectivity index (χ3v) is 4.10. The van der Waals surface area contributed by atoms with E-state index in [0.29, 0.717) is 11.7 Å². The number of benzene rings is 1. The van der Waals surface area contributed by atoms with Crippen LogP contribution in [0.25, 0.3) is 0 Å². The largest absolute Gasteiger partial charge is 0.494 e. The first-order valence-corrected chi connectivity index (χ1v) is 6.65. The summed E-state index contributed by atoms with van der Waals surface area (Å²) in [7, 11) is 3.18. The molecule has 0 aliphatic heterocycles. The van der Waals surface area contributed by atoms with E-state index in [4.69, 9.17) is 9.47 Å². The lowest BCUT2D eigenvalue weighted by Crippen LogP contribution is -2.24. The van der Waals surface area contributed by atoms with Crippen molar-refractivity contribution in [2.75, 3.05) is 33.9 Å². The second kappa shape index (κ2) is 5.88. The molecule has 1 aliphatic rings. The van der Waals surface area contributed by atoms with Crippen LogP contribution in [0.15, 0.2) is 18.2 Å². The van der Waals surface area contributed by atoms with Crippen molar-refractivity contribution in [2.45, 2.75) is 18.8 Å². The van der Waals surface area contributed by atoms with Gasteiger partial charge in [0.05, 0.1) is 13.7 Å². The SMILES string of the molecule is COCCNCC1CC1(C)c1ccc(OC)c(F)c1. The van der Waals surface area contributed by atoms with Crippen molar-refractivity contribution in [1.29, 1.82) is 0 Å². The van der Waals surface area contributed by atoms with Gasteiger partial charge in [-0.2, -0.15) is 0 Å². The number of ether oxygens (including phenoxy) is 2. The van der Waals surface area contributed by atoms with Crippen molar-refractivity contribution in [3.63, 3.8) is 0 Å². The average molecular weight is 267 g/mol. The molecule has 1 N–H and O–H groups in total. The van der Waals surface area contributed by atoms with Gasteiger partial charge in [-0.1, -0.05) is 13.0 Å². The molecule has 3 nitrogen and oxygen atoms in total. The molecule has 1 fully saturated rings. The minimum atomic E-state index is -0.279. The summed E-state index contributed by atoms with van der Waals surface area (Å²) in [6.45, 7) is 4.73. The number of rotatable bonds is 7. The van der Waals surface area contributed by atoms with Crippen molar-refractivity contribution < 1.29 is 13.9 Å². The van der Waals surface area contributed by atoms with Gasteiger partial charge in [0.1, 0.15) is 0 Å². The Kier molecular flexibility index (Phi) is 4.42. The fourth-order valence-electron chi connectivity index (χ4n) is 2.58. The molecule has 106 valence electrons. The Bertz CT molecular complexity index is 438. The van der Waals surface area contributed by atoms with Crippen LogP contribution in [0.5, 0.6) is 5.75 Å². The van der Waals surface area contributed by atoms with Crippen LogP contribution in [0.3, 0.4) is 0 Å². The van der Waals surface area contributed by atoms with Gasteiger partial charge in [-0.15, -0.1) is 0 Å². The molecule has 19 heavy (non-hydrogen) atoms. The Hall–Kier alpha value is -1.13. The van der Waals surface area contributed by atoms with Gasteiger partial charge in [-0.25, -0.2) is 4.39 Å². The summed E-state index contributed by atoms with van der Waals surface area (Å²) in [5, 5.41) is 3.37. The standard InChI is InChI=1S/C15H22FNO2/c1-15(9-12(15)10-17-6-7-18-2)11-4-5-14(19-3)13(16)8-11/h4-5,8,12,17H,6-7,9-10H2,1-3H3.